The van der Waals surface area contributed by atoms with Gasteiger partial charge in [-0.2, -0.15) is 4.68 Å². The first-order valence-electron chi connectivity index (χ1n) is 17.2. The number of aromatic nitrogens is 4. The number of anilines is 2. The SMILES string of the molecule is NC(=O)c1ccc(N2CCN(CC3CCN(C(=O)C4CCN(c5ccc6nnn(C7CCC(=O)NC7=O)c(=O)c6c5)CC4)CC3)CC2)nc1. The third kappa shape index (κ3) is 6.98. The lowest BCUT2D eigenvalue weighted by Crippen LogP contribution is -2.50. The summed E-state index contributed by atoms with van der Waals surface area (Å²) in [5.74, 6) is 0.309. The van der Waals surface area contributed by atoms with Gasteiger partial charge in [-0.3, -0.25) is 34.2 Å². The number of nitrogens with two attached hydrogens (primary N) is 1. The molecule has 2 aromatic heterocycles. The van der Waals surface area contributed by atoms with Crippen molar-refractivity contribution in [3.05, 3.63) is 52.4 Å². The number of fused-ring (bicyclic) bond motifs is 1. The van der Waals surface area contributed by atoms with Crippen molar-refractivity contribution < 1.29 is 19.2 Å². The zero-order chi connectivity index (χ0) is 34.1. The van der Waals surface area contributed by atoms with Gasteiger partial charge in [-0.1, -0.05) is 5.21 Å². The Morgan fingerprint density at radius 1 is 0.857 bits per heavy atom. The van der Waals surface area contributed by atoms with E-state index in [1.807, 2.05) is 12.1 Å². The van der Waals surface area contributed by atoms with Gasteiger partial charge in [-0.05, 0) is 68.4 Å². The van der Waals surface area contributed by atoms with Crippen molar-refractivity contribution in [1.29, 1.82) is 0 Å². The number of amides is 4. The van der Waals surface area contributed by atoms with E-state index in [0.717, 1.165) is 87.7 Å². The van der Waals surface area contributed by atoms with Crippen molar-refractivity contribution in [2.24, 2.45) is 17.6 Å². The molecule has 4 aliphatic heterocycles. The second-order valence-corrected chi connectivity index (χ2v) is 13.6. The Labute approximate surface area is 283 Å². The Morgan fingerprint density at radius 3 is 2.29 bits per heavy atom. The Bertz CT molecular complexity index is 1790. The number of rotatable bonds is 7. The molecule has 258 valence electrons. The first-order chi connectivity index (χ1) is 23.7. The van der Waals surface area contributed by atoms with Crippen LogP contribution in [0.2, 0.25) is 0 Å². The second-order valence-electron chi connectivity index (χ2n) is 13.6. The van der Waals surface area contributed by atoms with E-state index < -0.39 is 23.4 Å². The number of benzene rings is 1. The standard InChI is InChI=1S/C34H42N10O5/c35-31(46)24-1-5-29(36-20-24)42-17-15-40(16-18-42)21-22-7-11-43(12-8-22)33(48)23-9-13-41(14-10-23)25-2-3-27-26(19-25)34(49)44(39-38-27)28-4-6-30(45)37-32(28)47/h1-3,5,19-20,22-23,28H,4,6-18,21H2,(H2,35,46)(H,37,45,47). The lowest BCUT2D eigenvalue weighted by Gasteiger charge is -2.40. The molecule has 6 heterocycles. The van der Waals surface area contributed by atoms with Crippen molar-refractivity contribution >= 4 is 46.0 Å². The average Bonchev–Trinajstić information content (AvgIpc) is 3.12. The fourth-order valence-electron chi connectivity index (χ4n) is 7.58. The minimum absolute atomic E-state index is 0.0115. The van der Waals surface area contributed by atoms with Crippen molar-refractivity contribution in [1.82, 2.24) is 35.1 Å². The van der Waals surface area contributed by atoms with Gasteiger partial charge in [-0.15, -0.1) is 5.10 Å². The van der Waals surface area contributed by atoms with E-state index in [0.29, 0.717) is 35.5 Å². The lowest BCUT2D eigenvalue weighted by molar-refractivity contribution is -0.138. The van der Waals surface area contributed by atoms with Crippen molar-refractivity contribution in [3.8, 4) is 0 Å². The summed E-state index contributed by atoms with van der Waals surface area (Å²) in [5, 5.41) is 10.8. The normalized spacial score (nSPS) is 21.6. The maximum absolute atomic E-state index is 13.5. The molecule has 15 heteroatoms. The summed E-state index contributed by atoms with van der Waals surface area (Å²) in [6.07, 6.45) is 5.40. The number of imide groups is 1. The number of nitrogens with one attached hydrogen (secondary N) is 1. The first kappa shape index (κ1) is 32.6. The molecule has 1 unspecified atom stereocenters. The molecule has 4 amide bonds. The topological polar surface area (TPSA) is 180 Å². The number of carbonyl (C=O) groups excluding carboxylic acids is 4. The van der Waals surface area contributed by atoms with E-state index in [-0.39, 0.29) is 30.6 Å². The summed E-state index contributed by atoms with van der Waals surface area (Å²) < 4.78 is 1.08. The highest BCUT2D eigenvalue weighted by Gasteiger charge is 2.33. The van der Waals surface area contributed by atoms with Crippen LogP contribution in [0.1, 0.15) is 54.9 Å². The average molecular weight is 671 g/mol. The quantitative estimate of drug-likeness (QED) is 0.335. The van der Waals surface area contributed by atoms with Gasteiger partial charge in [-0.25, -0.2) is 4.98 Å². The predicted molar refractivity (Wildman–Crippen MR) is 181 cm³/mol. The smallest absolute Gasteiger partial charge is 0.278 e. The number of pyridine rings is 1. The third-order valence-corrected chi connectivity index (χ3v) is 10.6. The van der Waals surface area contributed by atoms with Crippen molar-refractivity contribution in [3.63, 3.8) is 0 Å². The Hall–Kier alpha value is -4.92. The zero-order valence-electron chi connectivity index (χ0n) is 27.5. The van der Waals surface area contributed by atoms with Gasteiger partial charge in [0.1, 0.15) is 17.4 Å². The number of piperazine rings is 1. The van der Waals surface area contributed by atoms with Crippen molar-refractivity contribution in [2.75, 3.05) is 68.7 Å². The molecule has 0 aliphatic carbocycles. The minimum Gasteiger partial charge on any atom is -0.371 e. The molecule has 1 atom stereocenters. The fraction of sp³-hybridized carbons (Fsp3) is 0.529. The third-order valence-electron chi connectivity index (χ3n) is 10.6. The molecule has 4 aliphatic rings. The van der Waals surface area contributed by atoms with E-state index in [2.05, 4.69) is 40.2 Å². The molecule has 15 nitrogen and oxygen atoms in total. The summed E-state index contributed by atoms with van der Waals surface area (Å²) in [7, 11) is 0. The van der Waals surface area contributed by atoms with Crippen LogP contribution < -0.4 is 26.4 Å². The van der Waals surface area contributed by atoms with Crippen LogP contribution >= 0.6 is 0 Å². The summed E-state index contributed by atoms with van der Waals surface area (Å²) in [4.78, 5) is 75.5. The van der Waals surface area contributed by atoms with E-state index >= 15 is 0 Å². The molecule has 0 spiro atoms. The maximum atomic E-state index is 13.5. The number of nitrogens with zero attached hydrogens (tertiary/aromatic N) is 8. The highest BCUT2D eigenvalue weighted by molar-refractivity contribution is 5.99. The van der Waals surface area contributed by atoms with Gasteiger partial charge in [0.15, 0.2) is 0 Å². The van der Waals surface area contributed by atoms with E-state index in [9.17, 15) is 24.0 Å². The van der Waals surface area contributed by atoms with Crippen LogP contribution in [0, 0.1) is 11.8 Å². The monoisotopic (exact) mass is 670 g/mol. The largest absolute Gasteiger partial charge is 0.371 e. The van der Waals surface area contributed by atoms with Crippen LogP contribution in [-0.4, -0.2) is 112 Å². The molecular formula is C34H42N10O5. The van der Waals surface area contributed by atoms with E-state index in [1.54, 1.807) is 18.2 Å². The van der Waals surface area contributed by atoms with Crippen molar-refractivity contribution in [2.45, 2.75) is 44.6 Å². The zero-order valence-corrected chi connectivity index (χ0v) is 27.5. The summed E-state index contributed by atoms with van der Waals surface area (Å²) in [6.45, 7) is 7.71. The van der Waals surface area contributed by atoms with Crippen LogP contribution in [0.3, 0.4) is 0 Å². The molecule has 7 rings (SSSR count). The molecule has 3 N–H and O–H groups in total. The number of piperidine rings is 3. The number of primary amides is 1. The molecule has 4 saturated heterocycles. The summed E-state index contributed by atoms with van der Waals surface area (Å²) in [6, 6.07) is 8.18. The molecule has 1 aromatic carbocycles. The predicted octanol–water partition coefficient (Wildman–Crippen LogP) is 0.540. The number of carbonyl (C=O) groups is 4. The molecule has 0 radical (unpaired) electrons. The van der Waals surface area contributed by atoms with Gasteiger partial charge in [0, 0.05) is 83.1 Å². The fourth-order valence-corrected chi connectivity index (χ4v) is 7.58. The minimum atomic E-state index is -0.868. The molecular weight excluding hydrogens is 628 g/mol. The highest BCUT2D eigenvalue weighted by Crippen LogP contribution is 2.29. The van der Waals surface area contributed by atoms with Gasteiger partial charge < -0.3 is 20.4 Å². The van der Waals surface area contributed by atoms with Gasteiger partial charge in [0.2, 0.25) is 17.7 Å². The van der Waals surface area contributed by atoms with Gasteiger partial charge in [0.25, 0.3) is 11.5 Å². The Balaban J connectivity index is 0.875. The number of hydrogen-bond acceptors (Lipinski definition) is 11. The maximum Gasteiger partial charge on any atom is 0.278 e. The van der Waals surface area contributed by atoms with Crippen LogP contribution in [0.4, 0.5) is 11.5 Å². The number of likely N-dealkylation sites (tertiary alicyclic amines) is 1. The first-order valence-corrected chi connectivity index (χ1v) is 17.2. The molecule has 4 fully saturated rings. The second kappa shape index (κ2) is 13.9. The molecule has 0 saturated carbocycles. The summed E-state index contributed by atoms with van der Waals surface area (Å²) in [5.41, 5.74) is 6.65. The van der Waals surface area contributed by atoms with Gasteiger partial charge in [0.05, 0.1) is 10.9 Å². The lowest BCUT2D eigenvalue weighted by atomic mass is 9.91. The molecule has 0 bridgehead atoms. The molecule has 49 heavy (non-hydrogen) atoms. The van der Waals surface area contributed by atoms with E-state index in [1.165, 1.54) is 6.20 Å². The highest BCUT2D eigenvalue weighted by atomic mass is 16.2. The molecule has 3 aromatic rings. The summed E-state index contributed by atoms with van der Waals surface area (Å²) >= 11 is 0. The van der Waals surface area contributed by atoms with Crippen LogP contribution in [0.15, 0.2) is 41.3 Å². The van der Waals surface area contributed by atoms with Gasteiger partial charge >= 0.3 is 0 Å². The Morgan fingerprint density at radius 2 is 1.61 bits per heavy atom. The van der Waals surface area contributed by atoms with Crippen LogP contribution in [0.25, 0.3) is 10.9 Å². The number of hydrogen-bond donors (Lipinski definition) is 2. The Kier molecular flexibility index (Phi) is 9.25. The van der Waals surface area contributed by atoms with Crippen LogP contribution in [-0.2, 0) is 14.4 Å². The van der Waals surface area contributed by atoms with E-state index in [4.69, 9.17) is 5.73 Å². The van der Waals surface area contributed by atoms with Crippen LogP contribution in [0.5, 0.6) is 0 Å².